The molecule has 1 aliphatic carbocycles. The Bertz CT molecular complexity index is 125. The molecule has 1 saturated carbocycles. The van der Waals surface area contributed by atoms with Gasteiger partial charge in [-0.05, 0) is 12.8 Å². The van der Waals surface area contributed by atoms with Crippen molar-refractivity contribution in [1.29, 1.82) is 0 Å². The van der Waals surface area contributed by atoms with Crippen LogP contribution in [0.15, 0.2) is 0 Å². The molecule has 0 radical (unpaired) electrons. The van der Waals surface area contributed by atoms with Gasteiger partial charge in [0.05, 0.1) is 11.0 Å². The number of rotatable bonds is 5. The molecule has 0 aromatic rings. The van der Waals surface area contributed by atoms with E-state index in [0.717, 1.165) is 19.1 Å². The molecule has 0 spiro atoms. The first kappa shape index (κ1) is 8.17. The van der Waals surface area contributed by atoms with Gasteiger partial charge in [-0.15, -0.1) is 0 Å². The van der Waals surface area contributed by atoms with E-state index in [9.17, 15) is 4.21 Å². The Hall–Kier alpha value is 0.0700. The second-order valence-electron chi connectivity index (χ2n) is 2.58. The lowest BCUT2D eigenvalue weighted by molar-refractivity contribution is 0.651. The van der Waals surface area contributed by atoms with Gasteiger partial charge in [0.15, 0.2) is 0 Å². The Morgan fingerprint density at radius 3 is 2.70 bits per heavy atom. The fourth-order valence-electron chi connectivity index (χ4n) is 0.759. The lowest BCUT2D eigenvalue weighted by Crippen LogP contribution is -2.29. The molecule has 0 amide bonds. The summed E-state index contributed by atoms with van der Waals surface area (Å²) in [6.07, 6.45) is 4.28. The molecule has 0 heterocycles. The van der Waals surface area contributed by atoms with E-state index < -0.39 is 11.0 Å². The monoisotopic (exact) mass is 162 g/mol. The molecular formula is C6H14N2OS. The summed E-state index contributed by atoms with van der Waals surface area (Å²) < 4.78 is 13.3. The third-order valence-electron chi connectivity index (χ3n) is 1.44. The minimum atomic E-state index is -0.850. The molecular weight excluding hydrogens is 148 g/mol. The van der Waals surface area contributed by atoms with E-state index in [1.807, 2.05) is 0 Å². The van der Waals surface area contributed by atoms with E-state index in [0.29, 0.717) is 0 Å². The first-order valence-electron chi connectivity index (χ1n) is 3.59. The lowest BCUT2D eigenvalue weighted by atomic mass is 10.6. The van der Waals surface area contributed by atoms with E-state index in [2.05, 4.69) is 10.0 Å². The summed E-state index contributed by atoms with van der Waals surface area (Å²) in [6, 6.07) is 0.757. The van der Waals surface area contributed by atoms with Crippen LogP contribution in [0.25, 0.3) is 0 Å². The molecule has 3 nitrogen and oxygen atoms in total. The molecule has 0 saturated heterocycles. The number of hydrogen-bond acceptors (Lipinski definition) is 2. The molecule has 0 aliphatic heterocycles. The van der Waals surface area contributed by atoms with Gasteiger partial charge in [-0.25, -0.2) is 8.93 Å². The molecule has 0 aromatic carbocycles. The van der Waals surface area contributed by atoms with E-state index in [1.54, 1.807) is 6.26 Å². The van der Waals surface area contributed by atoms with Gasteiger partial charge in [-0.2, -0.15) is 0 Å². The average Bonchev–Trinajstić information content (AvgIpc) is 2.62. The Balaban J connectivity index is 1.80. The second kappa shape index (κ2) is 4.05. The zero-order chi connectivity index (χ0) is 7.40. The molecule has 1 unspecified atom stereocenters. The highest BCUT2D eigenvalue weighted by atomic mass is 32.2. The molecule has 10 heavy (non-hydrogen) atoms. The van der Waals surface area contributed by atoms with Crippen LogP contribution >= 0.6 is 0 Å². The van der Waals surface area contributed by atoms with Gasteiger partial charge < -0.3 is 5.32 Å². The van der Waals surface area contributed by atoms with Crippen LogP contribution in [-0.4, -0.2) is 29.6 Å². The first-order chi connectivity index (χ1) is 4.79. The van der Waals surface area contributed by atoms with Crippen LogP contribution in [0, 0.1) is 0 Å². The predicted octanol–water partition coefficient (Wildman–Crippen LogP) is -0.379. The van der Waals surface area contributed by atoms with Gasteiger partial charge in [0.25, 0.3) is 0 Å². The van der Waals surface area contributed by atoms with Crippen LogP contribution < -0.4 is 10.0 Å². The molecule has 0 bridgehead atoms. The third kappa shape index (κ3) is 3.98. The van der Waals surface area contributed by atoms with Gasteiger partial charge in [0.1, 0.15) is 0 Å². The van der Waals surface area contributed by atoms with Crippen LogP contribution in [0.4, 0.5) is 0 Å². The largest absolute Gasteiger partial charge is 0.313 e. The summed E-state index contributed by atoms with van der Waals surface area (Å²) in [7, 11) is -0.850. The molecule has 1 aliphatic rings. The summed E-state index contributed by atoms with van der Waals surface area (Å²) in [5.41, 5.74) is 0. The zero-order valence-electron chi connectivity index (χ0n) is 6.22. The Morgan fingerprint density at radius 1 is 1.50 bits per heavy atom. The van der Waals surface area contributed by atoms with Crippen molar-refractivity contribution in [2.24, 2.45) is 0 Å². The summed E-state index contributed by atoms with van der Waals surface area (Å²) in [5, 5.41) is 3.32. The van der Waals surface area contributed by atoms with Gasteiger partial charge in [0.2, 0.25) is 0 Å². The highest BCUT2D eigenvalue weighted by Crippen LogP contribution is 2.17. The number of hydrogen-bond donors (Lipinski definition) is 2. The molecule has 60 valence electrons. The molecule has 1 rings (SSSR count). The Morgan fingerprint density at radius 2 is 2.20 bits per heavy atom. The first-order valence-corrected chi connectivity index (χ1v) is 5.15. The minimum Gasteiger partial charge on any atom is -0.313 e. The van der Waals surface area contributed by atoms with Crippen molar-refractivity contribution in [3.8, 4) is 0 Å². The molecule has 1 fully saturated rings. The zero-order valence-corrected chi connectivity index (χ0v) is 7.04. The predicted molar refractivity (Wildman–Crippen MR) is 43.1 cm³/mol. The van der Waals surface area contributed by atoms with E-state index in [1.165, 1.54) is 12.8 Å². The van der Waals surface area contributed by atoms with E-state index in [-0.39, 0.29) is 0 Å². The van der Waals surface area contributed by atoms with Gasteiger partial charge in [-0.3, -0.25) is 0 Å². The highest BCUT2D eigenvalue weighted by molar-refractivity contribution is 7.82. The van der Waals surface area contributed by atoms with Crippen molar-refractivity contribution in [1.82, 2.24) is 10.0 Å². The molecule has 1 atom stereocenters. The normalized spacial score (nSPS) is 20.9. The summed E-state index contributed by atoms with van der Waals surface area (Å²) in [5.74, 6) is 0. The van der Waals surface area contributed by atoms with E-state index in [4.69, 9.17) is 0 Å². The van der Waals surface area contributed by atoms with Crippen molar-refractivity contribution >= 4 is 11.0 Å². The maximum Gasteiger partial charge on any atom is 0.0883 e. The summed E-state index contributed by atoms with van der Waals surface area (Å²) in [4.78, 5) is 0. The highest BCUT2D eigenvalue weighted by Gasteiger charge is 2.19. The molecule has 2 N–H and O–H groups in total. The van der Waals surface area contributed by atoms with Crippen LogP contribution in [0.2, 0.25) is 0 Å². The minimum absolute atomic E-state index is 0.757. The fraction of sp³-hybridized carbons (Fsp3) is 1.00. The van der Waals surface area contributed by atoms with Crippen molar-refractivity contribution in [2.45, 2.75) is 18.9 Å². The van der Waals surface area contributed by atoms with E-state index >= 15 is 0 Å². The fourth-order valence-corrected chi connectivity index (χ4v) is 1.15. The van der Waals surface area contributed by atoms with Crippen LogP contribution in [0.1, 0.15) is 12.8 Å². The van der Waals surface area contributed by atoms with Crippen molar-refractivity contribution < 1.29 is 4.21 Å². The van der Waals surface area contributed by atoms with Crippen LogP contribution in [0.3, 0.4) is 0 Å². The standard InChI is InChI=1S/C6H14N2OS/c1-10(9)8-5-4-7-6-2-3-6/h6-8H,2-5H2,1H3. The average molecular weight is 162 g/mol. The van der Waals surface area contributed by atoms with Crippen LogP contribution in [0.5, 0.6) is 0 Å². The molecule has 0 aromatic heterocycles. The lowest BCUT2D eigenvalue weighted by Gasteiger charge is -2.01. The Kier molecular flexibility index (Phi) is 3.31. The van der Waals surface area contributed by atoms with Crippen molar-refractivity contribution in [3.63, 3.8) is 0 Å². The van der Waals surface area contributed by atoms with Crippen molar-refractivity contribution in [3.05, 3.63) is 0 Å². The van der Waals surface area contributed by atoms with Gasteiger partial charge in [0, 0.05) is 25.4 Å². The summed E-state index contributed by atoms with van der Waals surface area (Å²) in [6.45, 7) is 1.74. The summed E-state index contributed by atoms with van der Waals surface area (Å²) >= 11 is 0. The third-order valence-corrected chi connectivity index (χ3v) is 2.05. The Labute approximate surface area is 64.2 Å². The maximum atomic E-state index is 10.5. The molecule has 4 heteroatoms. The topological polar surface area (TPSA) is 41.1 Å². The quantitative estimate of drug-likeness (QED) is 0.541. The van der Waals surface area contributed by atoms with Crippen LogP contribution in [-0.2, 0) is 11.0 Å². The van der Waals surface area contributed by atoms with Crippen molar-refractivity contribution in [2.75, 3.05) is 19.3 Å². The maximum absolute atomic E-state index is 10.5. The van der Waals surface area contributed by atoms with Gasteiger partial charge >= 0.3 is 0 Å². The SMILES string of the molecule is CS(=O)NCCNC1CC1. The number of nitrogens with one attached hydrogen (secondary N) is 2. The van der Waals surface area contributed by atoms with Gasteiger partial charge in [-0.1, -0.05) is 0 Å². The smallest absolute Gasteiger partial charge is 0.0883 e. The second-order valence-corrected chi connectivity index (χ2v) is 3.77.